The Morgan fingerprint density at radius 2 is 2.07 bits per heavy atom. The minimum absolute atomic E-state index is 0.327. The quantitative estimate of drug-likeness (QED) is 0.741. The van der Waals surface area contributed by atoms with Crippen LogP contribution in [0.1, 0.15) is 22.5 Å². The fourth-order valence-electron chi connectivity index (χ4n) is 0.947. The Bertz CT molecular complexity index is 427. The Balaban J connectivity index is 3.52. The summed E-state index contributed by atoms with van der Waals surface area (Å²) in [4.78, 5) is 23.0. The van der Waals surface area contributed by atoms with E-state index in [-0.39, 0.29) is 0 Å². The normalized spacial score (nSPS) is 10.6. The summed E-state index contributed by atoms with van der Waals surface area (Å²) in [5, 5.41) is 0. The molecule has 0 aliphatic rings. The zero-order valence-electron chi connectivity index (χ0n) is 6.68. The van der Waals surface area contributed by atoms with Gasteiger partial charge in [-0.3, -0.25) is 9.59 Å². The van der Waals surface area contributed by atoms with Gasteiger partial charge >= 0.3 is 0 Å². The fourth-order valence-corrected chi connectivity index (χ4v) is 0.947. The summed E-state index contributed by atoms with van der Waals surface area (Å²) in [7, 11) is 0. The van der Waals surface area contributed by atoms with E-state index >= 15 is 0 Å². The van der Waals surface area contributed by atoms with Crippen molar-refractivity contribution in [1.82, 2.24) is 4.98 Å². The van der Waals surface area contributed by atoms with Crippen LogP contribution >= 0.6 is 0 Å². The number of halogens is 3. The first-order chi connectivity index (χ1) is 6.43. The highest BCUT2D eigenvalue weighted by molar-refractivity contribution is 5.92. The second-order valence-corrected chi connectivity index (χ2v) is 2.44. The van der Waals surface area contributed by atoms with Crippen LogP contribution in [0.3, 0.4) is 0 Å². The molecule has 0 bridgehead atoms. The smallest absolute Gasteiger partial charge is 0.268 e. The van der Waals surface area contributed by atoms with Gasteiger partial charge in [0.15, 0.2) is 0 Å². The number of hydrogen-bond acceptors (Lipinski definition) is 2. The molecule has 0 aliphatic carbocycles. The number of amides is 1. The molecule has 76 valence electrons. The number of primary amides is 1. The Labute approximate surface area is 75.5 Å². The molecule has 0 aromatic carbocycles. The van der Waals surface area contributed by atoms with Gasteiger partial charge in [-0.15, -0.1) is 0 Å². The van der Waals surface area contributed by atoms with Crippen molar-refractivity contribution < 1.29 is 18.0 Å². The van der Waals surface area contributed by atoms with Crippen LogP contribution in [-0.2, 0) is 0 Å². The van der Waals surface area contributed by atoms with Gasteiger partial charge < -0.3 is 10.7 Å². The van der Waals surface area contributed by atoms with Crippen molar-refractivity contribution in [3.8, 4) is 0 Å². The molecule has 0 atom stereocenters. The molecular formula is C7H5F3N2O2. The van der Waals surface area contributed by atoms with Crippen LogP contribution in [0, 0.1) is 5.82 Å². The summed E-state index contributed by atoms with van der Waals surface area (Å²) in [6.45, 7) is 0. The maximum Gasteiger partial charge on any atom is 0.268 e. The standard InChI is InChI=1S/C7H5F3N2O2/c8-2-1-3(13)12-5(7(11)14)4(2)6(9)10/h1,6H,(H2,11,14)(H,12,13). The summed E-state index contributed by atoms with van der Waals surface area (Å²) in [6.07, 6.45) is -3.21. The average Bonchev–Trinajstić information content (AvgIpc) is 2.01. The summed E-state index contributed by atoms with van der Waals surface area (Å²) in [5.41, 5.74) is 1.60. The van der Waals surface area contributed by atoms with E-state index < -0.39 is 35.0 Å². The maximum atomic E-state index is 12.8. The van der Waals surface area contributed by atoms with Crippen molar-refractivity contribution in [3.63, 3.8) is 0 Å². The van der Waals surface area contributed by atoms with Crippen molar-refractivity contribution in [2.45, 2.75) is 6.43 Å². The Morgan fingerprint density at radius 1 is 1.50 bits per heavy atom. The van der Waals surface area contributed by atoms with Crippen LogP contribution in [0.25, 0.3) is 0 Å². The number of carbonyl (C=O) groups is 1. The van der Waals surface area contributed by atoms with Gasteiger partial charge in [0.05, 0.1) is 5.56 Å². The van der Waals surface area contributed by atoms with Crippen LogP contribution in [0.5, 0.6) is 0 Å². The van der Waals surface area contributed by atoms with E-state index in [1.54, 1.807) is 4.98 Å². The fraction of sp³-hybridized carbons (Fsp3) is 0.143. The SMILES string of the molecule is NC(=O)c1[nH]c(=O)cc(F)c1C(F)F. The lowest BCUT2D eigenvalue weighted by Gasteiger charge is -2.05. The highest BCUT2D eigenvalue weighted by Gasteiger charge is 2.22. The maximum absolute atomic E-state index is 12.8. The largest absolute Gasteiger partial charge is 0.364 e. The predicted molar refractivity (Wildman–Crippen MR) is 40.5 cm³/mol. The van der Waals surface area contributed by atoms with Gasteiger partial charge in [0.25, 0.3) is 17.9 Å². The van der Waals surface area contributed by atoms with E-state index in [2.05, 4.69) is 5.73 Å². The molecule has 0 saturated carbocycles. The molecule has 7 heteroatoms. The molecule has 1 heterocycles. The van der Waals surface area contributed by atoms with Crippen molar-refractivity contribution >= 4 is 5.91 Å². The van der Waals surface area contributed by atoms with Crippen LogP contribution in [0.4, 0.5) is 13.2 Å². The first-order valence-electron chi connectivity index (χ1n) is 3.44. The average molecular weight is 206 g/mol. The molecule has 4 nitrogen and oxygen atoms in total. The molecular weight excluding hydrogens is 201 g/mol. The minimum atomic E-state index is -3.21. The lowest BCUT2D eigenvalue weighted by atomic mass is 10.2. The number of H-pyrrole nitrogens is 1. The second kappa shape index (κ2) is 3.52. The van der Waals surface area contributed by atoms with Crippen LogP contribution in [0.2, 0.25) is 0 Å². The molecule has 0 fully saturated rings. The van der Waals surface area contributed by atoms with Gasteiger partial charge in [-0.25, -0.2) is 13.2 Å². The van der Waals surface area contributed by atoms with E-state index in [4.69, 9.17) is 0 Å². The number of aromatic nitrogens is 1. The molecule has 3 N–H and O–H groups in total. The zero-order chi connectivity index (χ0) is 10.9. The van der Waals surface area contributed by atoms with Gasteiger partial charge in [0.2, 0.25) is 0 Å². The summed E-state index contributed by atoms with van der Waals surface area (Å²) in [6, 6.07) is 0.327. The third-order valence-electron chi connectivity index (χ3n) is 1.50. The van der Waals surface area contributed by atoms with Gasteiger partial charge in [0, 0.05) is 6.07 Å². The highest BCUT2D eigenvalue weighted by Crippen LogP contribution is 2.23. The van der Waals surface area contributed by atoms with Crippen LogP contribution in [0.15, 0.2) is 10.9 Å². The lowest BCUT2D eigenvalue weighted by molar-refractivity contribution is 0.0976. The number of carbonyl (C=O) groups excluding carboxylic acids is 1. The number of rotatable bonds is 2. The van der Waals surface area contributed by atoms with Gasteiger partial charge in [-0.2, -0.15) is 0 Å². The van der Waals surface area contributed by atoms with E-state index in [0.29, 0.717) is 6.07 Å². The Hall–Kier alpha value is -1.79. The van der Waals surface area contributed by atoms with Crippen molar-refractivity contribution in [2.75, 3.05) is 0 Å². The van der Waals surface area contributed by atoms with Crippen LogP contribution in [-0.4, -0.2) is 10.9 Å². The van der Waals surface area contributed by atoms with Crippen molar-refractivity contribution in [3.05, 3.63) is 33.5 Å². The third-order valence-corrected chi connectivity index (χ3v) is 1.50. The molecule has 0 aliphatic heterocycles. The summed E-state index contributed by atoms with van der Waals surface area (Å²) in [5.74, 6) is -2.76. The molecule has 0 saturated heterocycles. The molecule has 1 aromatic heterocycles. The molecule has 1 rings (SSSR count). The zero-order valence-corrected chi connectivity index (χ0v) is 6.68. The van der Waals surface area contributed by atoms with Gasteiger partial charge in [-0.1, -0.05) is 0 Å². The van der Waals surface area contributed by atoms with Crippen molar-refractivity contribution in [2.24, 2.45) is 5.73 Å². The van der Waals surface area contributed by atoms with E-state index in [1.807, 2.05) is 0 Å². The van der Waals surface area contributed by atoms with Crippen molar-refractivity contribution in [1.29, 1.82) is 0 Å². The molecule has 1 amide bonds. The number of aromatic amines is 1. The summed E-state index contributed by atoms with van der Waals surface area (Å²) >= 11 is 0. The Morgan fingerprint density at radius 3 is 2.50 bits per heavy atom. The molecule has 0 unspecified atom stereocenters. The monoisotopic (exact) mass is 206 g/mol. The van der Waals surface area contributed by atoms with E-state index in [9.17, 15) is 22.8 Å². The Kier molecular flexibility index (Phi) is 2.59. The number of hydrogen-bond donors (Lipinski definition) is 2. The highest BCUT2D eigenvalue weighted by atomic mass is 19.3. The number of pyridine rings is 1. The molecule has 0 spiro atoms. The number of nitrogens with one attached hydrogen (secondary N) is 1. The number of nitrogens with two attached hydrogens (primary N) is 1. The first-order valence-corrected chi connectivity index (χ1v) is 3.44. The van der Waals surface area contributed by atoms with Gasteiger partial charge in [-0.05, 0) is 0 Å². The summed E-state index contributed by atoms with van der Waals surface area (Å²) < 4.78 is 37.2. The topological polar surface area (TPSA) is 76.0 Å². The number of alkyl halides is 2. The molecule has 1 aromatic rings. The van der Waals surface area contributed by atoms with Crippen LogP contribution < -0.4 is 11.3 Å². The molecule has 0 radical (unpaired) electrons. The third kappa shape index (κ3) is 1.76. The first kappa shape index (κ1) is 10.3. The van der Waals surface area contributed by atoms with E-state index in [0.717, 1.165) is 0 Å². The lowest BCUT2D eigenvalue weighted by Crippen LogP contribution is -2.22. The predicted octanol–water partition coefficient (Wildman–Crippen LogP) is 0.550. The molecule has 14 heavy (non-hydrogen) atoms. The van der Waals surface area contributed by atoms with Gasteiger partial charge in [0.1, 0.15) is 11.5 Å². The van der Waals surface area contributed by atoms with E-state index in [1.165, 1.54) is 0 Å². The second-order valence-electron chi connectivity index (χ2n) is 2.44. The minimum Gasteiger partial charge on any atom is -0.364 e.